The van der Waals surface area contributed by atoms with E-state index in [1.165, 1.54) is 10.7 Å². The molecule has 0 radical (unpaired) electrons. The summed E-state index contributed by atoms with van der Waals surface area (Å²) >= 11 is 1.81. The van der Waals surface area contributed by atoms with Crippen LogP contribution < -0.4 is 5.32 Å². The maximum Gasteiger partial charge on any atom is 0.0944 e. The summed E-state index contributed by atoms with van der Waals surface area (Å²) in [6.07, 6.45) is 1.05. The van der Waals surface area contributed by atoms with Crippen LogP contribution in [0.2, 0.25) is 0 Å². The molecule has 1 fully saturated rings. The number of hydrogen-bond donors (Lipinski definition) is 1. The highest BCUT2D eigenvalue weighted by atomic mass is 32.1. The molecule has 0 amide bonds. The molecule has 0 aromatic carbocycles. The van der Waals surface area contributed by atoms with Gasteiger partial charge in [0.2, 0.25) is 0 Å². The van der Waals surface area contributed by atoms with Crippen LogP contribution in [0, 0.1) is 16.7 Å². The average Bonchev–Trinajstić information content (AvgIpc) is 2.70. The third-order valence-corrected chi connectivity index (χ3v) is 6.49. The van der Waals surface area contributed by atoms with Crippen LogP contribution in [-0.4, -0.2) is 18.1 Å². The summed E-state index contributed by atoms with van der Waals surface area (Å²) in [5.41, 5.74) is 2.22. The molecule has 0 saturated heterocycles. The fraction of sp³-hybridized carbons (Fsp3) is 0.824. The van der Waals surface area contributed by atoms with Gasteiger partial charge in [0.05, 0.1) is 10.7 Å². The molecule has 2 rings (SSSR count). The minimum Gasteiger partial charge on any atom is -0.316 e. The van der Waals surface area contributed by atoms with E-state index < -0.39 is 0 Å². The van der Waals surface area contributed by atoms with Gasteiger partial charge in [0.1, 0.15) is 0 Å². The van der Waals surface area contributed by atoms with E-state index in [2.05, 4.69) is 66.2 Å². The molecule has 0 spiro atoms. The molecule has 1 atom stereocenters. The zero-order chi connectivity index (χ0) is 15.3. The highest BCUT2D eigenvalue weighted by Crippen LogP contribution is 2.69. The molecule has 0 aliphatic heterocycles. The van der Waals surface area contributed by atoms with Crippen LogP contribution >= 0.6 is 11.3 Å². The summed E-state index contributed by atoms with van der Waals surface area (Å²) in [7, 11) is 2.09. The van der Waals surface area contributed by atoms with Crippen LogP contribution in [0.1, 0.15) is 59.2 Å². The van der Waals surface area contributed by atoms with Crippen molar-refractivity contribution in [3.8, 4) is 0 Å². The Hall–Kier alpha value is -0.410. The largest absolute Gasteiger partial charge is 0.316 e. The first-order valence-corrected chi connectivity index (χ1v) is 8.52. The van der Waals surface area contributed by atoms with E-state index in [1.807, 2.05) is 11.3 Å². The summed E-state index contributed by atoms with van der Waals surface area (Å²) in [5, 5.41) is 7.04. The van der Waals surface area contributed by atoms with Gasteiger partial charge in [-0.25, -0.2) is 4.98 Å². The number of likely N-dealkylation sites (N-methyl/N-ethyl adjacent to an activating group) is 1. The van der Waals surface area contributed by atoms with Crippen molar-refractivity contribution >= 4 is 11.3 Å². The zero-order valence-electron chi connectivity index (χ0n) is 14.3. The van der Waals surface area contributed by atoms with Gasteiger partial charge in [-0.15, -0.1) is 11.3 Å². The first-order chi connectivity index (χ1) is 9.01. The summed E-state index contributed by atoms with van der Waals surface area (Å²) in [6, 6.07) is 0.527. The molecule has 3 heteroatoms. The molecular weight excluding hydrogens is 264 g/mol. The van der Waals surface area contributed by atoms with Gasteiger partial charge in [-0.1, -0.05) is 48.5 Å². The first kappa shape index (κ1) is 16.0. The van der Waals surface area contributed by atoms with E-state index in [0.29, 0.717) is 16.9 Å². The lowest BCUT2D eigenvalue weighted by molar-refractivity contribution is 0.419. The second-order valence-electron chi connectivity index (χ2n) is 8.40. The van der Waals surface area contributed by atoms with Crippen molar-refractivity contribution in [1.82, 2.24) is 10.3 Å². The van der Waals surface area contributed by atoms with E-state index in [-0.39, 0.29) is 5.41 Å². The molecule has 1 aliphatic carbocycles. The smallest absolute Gasteiger partial charge is 0.0944 e. The van der Waals surface area contributed by atoms with Gasteiger partial charge in [0, 0.05) is 23.3 Å². The first-order valence-electron chi connectivity index (χ1n) is 7.64. The van der Waals surface area contributed by atoms with Crippen molar-refractivity contribution in [1.29, 1.82) is 0 Å². The lowest BCUT2D eigenvalue weighted by Crippen LogP contribution is -2.32. The number of nitrogens with zero attached hydrogens (tertiary/aromatic N) is 1. The number of hydrogen-bond acceptors (Lipinski definition) is 3. The van der Waals surface area contributed by atoms with E-state index in [1.54, 1.807) is 0 Å². The van der Waals surface area contributed by atoms with Crippen LogP contribution in [-0.2, 0) is 11.8 Å². The van der Waals surface area contributed by atoms with Crippen molar-refractivity contribution in [2.75, 3.05) is 7.05 Å². The molecule has 1 unspecified atom stereocenters. The van der Waals surface area contributed by atoms with Gasteiger partial charge in [0.25, 0.3) is 0 Å². The lowest BCUT2D eigenvalue weighted by Gasteiger charge is -2.18. The summed E-state index contributed by atoms with van der Waals surface area (Å²) < 4.78 is 0. The van der Waals surface area contributed by atoms with Crippen LogP contribution in [0.25, 0.3) is 0 Å². The Labute approximate surface area is 128 Å². The molecule has 114 valence electrons. The van der Waals surface area contributed by atoms with Gasteiger partial charge < -0.3 is 5.32 Å². The Kier molecular flexibility index (Phi) is 3.84. The Morgan fingerprint density at radius 2 is 1.80 bits per heavy atom. The maximum atomic E-state index is 4.85. The average molecular weight is 295 g/mol. The summed E-state index contributed by atoms with van der Waals surface area (Å²) in [5.74, 6) is 0.724. The van der Waals surface area contributed by atoms with Crippen LogP contribution in [0.5, 0.6) is 0 Å². The van der Waals surface area contributed by atoms with Gasteiger partial charge in [0.15, 0.2) is 0 Å². The minimum absolute atomic E-state index is 0.155. The molecule has 20 heavy (non-hydrogen) atoms. The van der Waals surface area contributed by atoms with Gasteiger partial charge in [-0.2, -0.15) is 0 Å². The predicted molar refractivity (Wildman–Crippen MR) is 88.4 cm³/mol. The van der Waals surface area contributed by atoms with Crippen molar-refractivity contribution in [2.45, 2.75) is 66.3 Å². The maximum absolute atomic E-state index is 4.85. The molecule has 1 aliphatic rings. The molecule has 1 N–H and O–H groups in total. The van der Waals surface area contributed by atoms with Crippen molar-refractivity contribution in [3.63, 3.8) is 0 Å². The topological polar surface area (TPSA) is 24.9 Å². The van der Waals surface area contributed by atoms with Crippen LogP contribution in [0.4, 0.5) is 0 Å². The summed E-state index contributed by atoms with van der Waals surface area (Å²) in [4.78, 5) is 4.85. The molecular formula is C17H30N2S. The van der Waals surface area contributed by atoms with E-state index in [9.17, 15) is 0 Å². The summed E-state index contributed by atoms with van der Waals surface area (Å²) in [6.45, 7) is 16.3. The lowest BCUT2D eigenvalue weighted by atomic mass is 9.93. The highest BCUT2D eigenvalue weighted by Gasteiger charge is 2.66. The quantitative estimate of drug-likeness (QED) is 0.898. The standard InChI is InChI=1S/C17H30N2S/c1-15(2,3)12-10-20-13(19-12)9-11(18-8)14-16(4,5)17(14,6)7/h10-11,14,18H,9H2,1-8H3. The number of aromatic nitrogens is 1. The third kappa shape index (κ3) is 2.55. The molecule has 0 bridgehead atoms. The molecule has 1 saturated carbocycles. The minimum atomic E-state index is 0.155. The van der Waals surface area contributed by atoms with Gasteiger partial charge >= 0.3 is 0 Å². The predicted octanol–water partition coefficient (Wildman–Crippen LogP) is 4.25. The Bertz CT molecular complexity index is 465. The van der Waals surface area contributed by atoms with E-state index in [0.717, 1.165) is 12.3 Å². The molecule has 2 nitrogen and oxygen atoms in total. The van der Waals surface area contributed by atoms with Crippen molar-refractivity contribution < 1.29 is 0 Å². The fourth-order valence-corrected chi connectivity index (χ4v) is 4.66. The molecule has 1 aromatic rings. The SMILES string of the molecule is CNC(Cc1nc(C(C)(C)C)cs1)C1C(C)(C)C1(C)C. The van der Waals surface area contributed by atoms with Crippen molar-refractivity contribution in [2.24, 2.45) is 16.7 Å². The second kappa shape index (κ2) is 4.81. The third-order valence-electron chi connectivity index (χ3n) is 5.62. The van der Waals surface area contributed by atoms with E-state index >= 15 is 0 Å². The van der Waals surface area contributed by atoms with Crippen molar-refractivity contribution in [3.05, 3.63) is 16.1 Å². The van der Waals surface area contributed by atoms with Gasteiger partial charge in [-0.3, -0.25) is 0 Å². The second-order valence-corrected chi connectivity index (χ2v) is 9.34. The monoisotopic (exact) mass is 294 g/mol. The Morgan fingerprint density at radius 3 is 2.15 bits per heavy atom. The zero-order valence-corrected chi connectivity index (χ0v) is 15.1. The molecule has 1 heterocycles. The number of thiazole rings is 1. The van der Waals surface area contributed by atoms with Gasteiger partial charge in [-0.05, 0) is 23.8 Å². The van der Waals surface area contributed by atoms with Crippen LogP contribution in [0.3, 0.4) is 0 Å². The molecule has 1 aromatic heterocycles. The fourth-order valence-electron chi connectivity index (χ4n) is 3.58. The van der Waals surface area contributed by atoms with Crippen LogP contribution in [0.15, 0.2) is 5.38 Å². The normalized spacial score (nSPS) is 22.8. The number of rotatable bonds is 4. The Balaban J connectivity index is 2.11. The van der Waals surface area contributed by atoms with E-state index in [4.69, 9.17) is 4.98 Å². The number of nitrogens with one attached hydrogen (secondary N) is 1. The Morgan fingerprint density at radius 1 is 1.25 bits per heavy atom. The highest BCUT2D eigenvalue weighted by molar-refractivity contribution is 7.09.